The Hall–Kier alpha value is -0.260. The SMILES string of the molecule is C[C@]12CCC(=NI)CC1C(=O)CC1C2CC[C@]2(C)C(=O)CC[C@@H]12. The van der Waals surface area contributed by atoms with Crippen LogP contribution in [0.5, 0.6) is 0 Å². The third-order valence-electron chi connectivity index (χ3n) is 8.13. The minimum absolute atomic E-state index is 0.131. The summed E-state index contributed by atoms with van der Waals surface area (Å²) in [7, 11) is 0. The first-order valence-electron chi connectivity index (χ1n) is 9.13. The predicted octanol–water partition coefficient (Wildman–Crippen LogP) is 4.57. The topological polar surface area (TPSA) is 46.5 Å². The highest BCUT2D eigenvalue weighted by molar-refractivity contribution is 14.1. The summed E-state index contributed by atoms with van der Waals surface area (Å²) < 4.78 is 4.37. The first-order valence-corrected chi connectivity index (χ1v) is 10.1. The standard InChI is InChI=1S/C19H26INO2/c1-18-7-5-11(21-20)9-15(18)16(22)10-12-13-3-4-17(23)19(13,2)8-6-14(12)18/h12-15H,3-10H2,1-2H3/t12?,13-,14?,15?,18+,19-/m0/s1. The molecule has 0 aromatic carbocycles. The van der Waals surface area contributed by atoms with Crippen LogP contribution in [0.3, 0.4) is 0 Å². The fourth-order valence-corrected chi connectivity index (χ4v) is 7.14. The van der Waals surface area contributed by atoms with Crippen molar-refractivity contribution in [1.82, 2.24) is 0 Å². The Bertz CT molecular complexity index is 600. The van der Waals surface area contributed by atoms with Crippen LogP contribution in [0, 0.1) is 34.5 Å². The average Bonchev–Trinajstić information content (AvgIpc) is 2.83. The molecule has 0 aromatic rings. The van der Waals surface area contributed by atoms with Crippen LogP contribution in [0.2, 0.25) is 0 Å². The van der Waals surface area contributed by atoms with E-state index < -0.39 is 0 Å². The second-order valence-corrected chi connectivity index (χ2v) is 9.36. The van der Waals surface area contributed by atoms with E-state index in [1.807, 2.05) is 0 Å². The zero-order valence-electron chi connectivity index (χ0n) is 14.1. The van der Waals surface area contributed by atoms with E-state index in [-0.39, 0.29) is 16.7 Å². The molecule has 4 saturated carbocycles. The maximum absolute atomic E-state index is 13.0. The van der Waals surface area contributed by atoms with E-state index in [2.05, 4.69) is 39.9 Å². The zero-order chi connectivity index (χ0) is 16.4. The Balaban J connectivity index is 1.69. The predicted molar refractivity (Wildman–Crippen MR) is 98.6 cm³/mol. The molecule has 3 nitrogen and oxygen atoms in total. The third-order valence-corrected chi connectivity index (χ3v) is 8.81. The van der Waals surface area contributed by atoms with Gasteiger partial charge < -0.3 is 0 Å². The van der Waals surface area contributed by atoms with Gasteiger partial charge in [-0.1, -0.05) is 13.8 Å². The number of hydrogen-bond donors (Lipinski definition) is 0. The van der Waals surface area contributed by atoms with Gasteiger partial charge in [0.15, 0.2) is 0 Å². The van der Waals surface area contributed by atoms with Crippen LogP contribution in [0.25, 0.3) is 0 Å². The summed E-state index contributed by atoms with van der Waals surface area (Å²) in [5.74, 6) is 2.62. The Morgan fingerprint density at radius 3 is 2.57 bits per heavy atom. The fourth-order valence-electron chi connectivity index (χ4n) is 6.70. The summed E-state index contributed by atoms with van der Waals surface area (Å²) >= 11 is 2.08. The van der Waals surface area contributed by atoms with Crippen molar-refractivity contribution in [2.24, 2.45) is 37.7 Å². The quantitative estimate of drug-likeness (QED) is 0.532. The van der Waals surface area contributed by atoms with Crippen molar-refractivity contribution in [2.45, 2.75) is 65.2 Å². The monoisotopic (exact) mass is 427 g/mol. The number of fused-ring (bicyclic) bond motifs is 5. The lowest BCUT2D eigenvalue weighted by molar-refractivity contribution is -0.152. The second-order valence-electron chi connectivity index (χ2n) is 8.88. The molecule has 6 atom stereocenters. The van der Waals surface area contributed by atoms with Crippen molar-refractivity contribution in [3.05, 3.63) is 0 Å². The molecule has 3 unspecified atom stereocenters. The number of ketones is 2. The summed E-state index contributed by atoms with van der Waals surface area (Å²) in [6.07, 6.45) is 7.68. The number of carbonyl (C=O) groups is 2. The molecule has 23 heavy (non-hydrogen) atoms. The molecule has 0 spiro atoms. The molecule has 0 radical (unpaired) electrons. The highest BCUT2D eigenvalue weighted by atomic mass is 127. The van der Waals surface area contributed by atoms with Crippen molar-refractivity contribution >= 4 is 40.1 Å². The highest BCUT2D eigenvalue weighted by Crippen LogP contribution is 2.64. The molecule has 4 aliphatic carbocycles. The number of rotatable bonds is 0. The van der Waals surface area contributed by atoms with Crippen molar-refractivity contribution in [1.29, 1.82) is 0 Å². The number of Topliss-reactive ketones (excluding diaryl/α,β-unsaturated/α-hetero) is 2. The lowest BCUT2D eigenvalue weighted by atomic mass is 9.45. The molecule has 4 fully saturated rings. The average molecular weight is 427 g/mol. The molecule has 0 aromatic heterocycles. The van der Waals surface area contributed by atoms with Crippen molar-refractivity contribution in [3.63, 3.8) is 0 Å². The number of nitrogens with zero attached hydrogens (tertiary/aromatic N) is 1. The summed E-state index contributed by atoms with van der Waals surface area (Å²) in [5.41, 5.74) is 1.22. The van der Waals surface area contributed by atoms with E-state index in [1.165, 1.54) is 5.71 Å². The molecular formula is C19H26INO2. The van der Waals surface area contributed by atoms with E-state index >= 15 is 0 Å². The van der Waals surface area contributed by atoms with Crippen LogP contribution < -0.4 is 0 Å². The van der Waals surface area contributed by atoms with E-state index in [4.69, 9.17) is 0 Å². The Morgan fingerprint density at radius 2 is 1.83 bits per heavy atom. The maximum Gasteiger partial charge on any atom is 0.139 e. The van der Waals surface area contributed by atoms with Crippen molar-refractivity contribution in [2.75, 3.05) is 0 Å². The molecule has 126 valence electrons. The number of hydrogen-bond acceptors (Lipinski definition) is 3. The van der Waals surface area contributed by atoms with Gasteiger partial charge in [-0.05, 0) is 61.7 Å². The minimum Gasteiger partial charge on any atom is -0.299 e. The largest absolute Gasteiger partial charge is 0.299 e. The van der Waals surface area contributed by atoms with Crippen LogP contribution in [-0.2, 0) is 9.59 Å². The van der Waals surface area contributed by atoms with Gasteiger partial charge in [-0.25, -0.2) is 3.21 Å². The van der Waals surface area contributed by atoms with E-state index in [0.29, 0.717) is 35.7 Å². The summed E-state index contributed by atoms with van der Waals surface area (Å²) in [4.78, 5) is 25.4. The molecule has 0 aliphatic heterocycles. The molecule has 0 heterocycles. The lowest BCUT2D eigenvalue weighted by Crippen LogP contribution is -2.56. The minimum atomic E-state index is -0.131. The van der Waals surface area contributed by atoms with Crippen LogP contribution in [0.4, 0.5) is 0 Å². The Morgan fingerprint density at radius 1 is 1.04 bits per heavy atom. The number of halogens is 1. The van der Waals surface area contributed by atoms with Crippen LogP contribution in [0.1, 0.15) is 65.2 Å². The van der Waals surface area contributed by atoms with Gasteiger partial charge in [0.25, 0.3) is 0 Å². The third kappa shape index (κ3) is 2.15. The van der Waals surface area contributed by atoms with Crippen LogP contribution in [-0.4, -0.2) is 17.3 Å². The zero-order valence-corrected chi connectivity index (χ0v) is 16.3. The molecule has 0 bridgehead atoms. The van der Waals surface area contributed by atoms with E-state index in [1.54, 1.807) is 0 Å². The van der Waals surface area contributed by atoms with Gasteiger partial charge in [-0.15, -0.1) is 0 Å². The highest BCUT2D eigenvalue weighted by Gasteiger charge is 2.61. The van der Waals surface area contributed by atoms with Crippen LogP contribution >= 0.6 is 22.9 Å². The van der Waals surface area contributed by atoms with E-state index in [9.17, 15) is 9.59 Å². The smallest absolute Gasteiger partial charge is 0.139 e. The van der Waals surface area contributed by atoms with E-state index in [0.717, 1.165) is 44.9 Å². The number of carbonyl (C=O) groups excluding carboxylic acids is 2. The molecule has 0 N–H and O–H groups in total. The normalized spacial score (nSPS) is 51.3. The second kappa shape index (κ2) is 5.37. The maximum atomic E-state index is 13.0. The van der Waals surface area contributed by atoms with Gasteiger partial charge in [0.1, 0.15) is 11.6 Å². The molecular weight excluding hydrogens is 401 g/mol. The first kappa shape index (κ1) is 16.2. The summed E-state index contributed by atoms with van der Waals surface area (Å²) in [6.45, 7) is 4.56. The van der Waals surface area contributed by atoms with Gasteiger partial charge in [0, 0.05) is 29.9 Å². The van der Waals surface area contributed by atoms with Crippen LogP contribution in [0.15, 0.2) is 3.21 Å². The van der Waals surface area contributed by atoms with Crippen molar-refractivity contribution in [3.8, 4) is 0 Å². The van der Waals surface area contributed by atoms with Gasteiger partial charge in [0.2, 0.25) is 0 Å². The Labute approximate surface area is 152 Å². The van der Waals surface area contributed by atoms with Gasteiger partial charge in [-0.3, -0.25) is 9.59 Å². The first-order chi connectivity index (χ1) is 10.9. The Kier molecular flexibility index (Phi) is 3.79. The van der Waals surface area contributed by atoms with Crippen molar-refractivity contribution < 1.29 is 9.59 Å². The molecule has 0 amide bonds. The van der Waals surface area contributed by atoms with Gasteiger partial charge >= 0.3 is 0 Å². The lowest BCUT2D eigenvalue weighted by Gasteiger charge is -2.58. The summed E-state index contributed by atoms with van der Waals surface area (Å²) in [6, 6.07) is 0. The fraction of sp³-hybridized carbons (Fsp3) is 0.842. The molecule has 4 aliphatic rings. The summed E-state index contributed by atoms with van der Waals surface area (Å²) in [5, 5.41) is 0. The molecule has 4 rings (SSSR count). The molecule has 4 heteroatoms. The van der Waals surface area contributed by atoms with Gasteiger partial charge in [0.05, 0.1) is 22.9 Å². The van der Waals surface area contributed by atoms with Gasteiger partial charge in [-0.2, -0.15) is 0 Å². The molecule has 0 saturated heterocycles.